The van der Waals surface area contributed by atoms with Gasteiger partial charge in [0.1, 0.15) is 22.5 Å². The topological polar surface area (TPSA) is 79.9 Å². The molecule has 1 aromatic heterocycles. The standard InChI is InChI=1S/C23H20Cl2N4O2/c1-3-31-21-7-5-4-6-20(21)27-23(30)17(13-26)12-19-15(2)28-29(22(19)25)14-16-8-10-18(24)11-9-16/h4-12H,3,14H2,1-2H3,(H,27,30)/b17-12+. The number of nitrogens with zero attached hydrogens (tertiary/aromatic N) is 3. The Morgan fingerprint density at radius 3 is 2.61 bits per heavy atom. The van der Waals surface area contributed by atoms with Crippen LogP contribution in [0.1, 0.15) is 23.7 Å². The quantitative estimate of drug-likeness (QED) is 0.377. The SMILES string of the molecule is CCOc1ccccc1NC(=O)/C(C#N)=C/c1c(C)nn(Cc2ccc(Cl)cc2)c1Cl. The number of amides is 1. The third kappa shape index (κ3) is 5.46. The van der Waals surface area contributed by atoms with E-state index in [0.29, 0.717) is 46.0 Å². The molecule has 1 amide bonds. The van der Waals surface area contributed by atoms with E-state index in [-0.39, 0.29) is 5.57 Å². The van der Waals surface area contributed by atoms with Gasteiger partial charge in [-0.2, -0.15) is 10.4 Å². The van der Waals surface area contributed by atoms with Crippen molar-refractivity contribution in [2.45, 2.75) is 20.4 Å². The molecule has 0 unspecified atom stereocenters. The molecular formula is C23H20Cl2N4O2. The fourth-order valence-electron chi connectivity index (χ4n) is 2.93. The Kier molecular flexibility index (Phi) is 7.35. The van der Waals surface area contributed by atoms with Crippen molar-refractivity contribution >= 4 is 40.9 Å². The van der Waals surface area contributed by atoms with E-state index < -0.39 is 5.91 Å². The van der Waals surface area contributed by atoms with Gasteiger partial charge in [-0.15, -0.1) is 0 Å². The number of benzene rings is 2. The summed E-state index contributed by atoms with van der Waals surface area (Å²) < 4.78 is 7.13. The van der Waals surface area contributed by atoms with Crippen LogP contribution in [0.25, 0.3) is 6.08 Å². The third-order valence-electron chi connectivity index (χ3n) is 4.44. The smallest absolute Gasteiger partial charge is 0.266 e. The van der Waals surface area contributed by atoms with E-state index in [4.69, 9.17) is 27.9 Å². The lowest BCUT2D eigenvalue weighted by atomic mass is 10.1. The number of nitrogens with one attached hydrogen (secondary N) is 1. The summed E-state index contributed by atoms with van der Waals surface area (Å²) in [6.07, 6.45) is 1.45. The predicted octanol–water partition coefficient (Wildman–Crippen LogP) is 5.49. The molecule has 2 aromatic carbocycles. The molecule has 0 aliphatic heterocycles. The largest absolute Gasteiger partial charge is 0.492 e. The number of hydrogen-bond donors (Lipinski definition) is 1. The van der Waals surface area contributed by atoms with Gasteiger partial charge in [-0.1, -0.05) is 47.5 Å². The fourth-order valence-corrected chi connectivity index (χ4v) is 3.35. The molecule has 0 bridgehead atoms. The van der Waals surface area contributed by atoms with Crippen LogP contribution >= 0.6 is 23.2 Å². The highest BCUT2D eigenvalue weighted by atomic mass is 35.5. The Labute approximate surface area is 190 Å². The number of carbonyl (C=O) groups excluding carboxylic acids is 1. The van der Waals surface area contributed by atoms with Crippen molar-refractivity contribution in [1.82, 2.24) is 9.78 Å². The van der Waals surface area contributed by atoms with Crippen LogP contribution in [0.3, 0.4) is 0 Å². The Hall–Kier alpha value is -3.27. The van der Waals surface area contributed by atoms with Gasteiger partial charge in [-0.3, -0.25) is 4.79 Å². The van der Waals surface area contributed by atoms with E-state index >= 15 is 0 Å². The normalized spacial score (nSPS) is 11.1. The van der Waals surface area contributed by atoms with Crippen LogP contribution in [0.5, 0.6) is 5.75 Å². The predicted molar refractivity (Wildman–Crippen MR) is 122 cm³/mol. The van der Waals surface area contributed by atoms with Crippen LogP contribution in [0.15, 0.2) is 54.1 Å². The van der Waals surface area contributed by atoms with E-state index in [1.165, 1.54) is 6.08 Å². The summed E-state index contributed by atoms with van der Waals surface area (Å²) in [5, 5.41) is 17.7. The van der Waals surface area contributed by atoms with Crippen molar-refractivity contribution in [1.29, 1.82) is 5.26 Å². The number of anilines is 1. The molecule has 0 radical (unpaired) electrons. The lowest BCUT2D eigenvalue weighted by Crippen LogP contribution is -2.14. The lowest BCUT2D eigenvalue weighted by Gasteiger charge is -2.10. The number of aryl methyl sites for hydroxylation is 1. The van der Waals surface area contributed by atoms with E-state index in [2.05, 4.69) is 10.4 Å². The zero-order valence-electron chi connectivity index (χ0n) is 17.0. The van der Waals surface area contributed by atoms with Crippen molar-refractivity contribution in [2.24, 2.45) is 0 Å². The van der Waals surface area contributed by atoms with Crippen LogP contribution in [0, 0.1) is 18.3 Å². The molecule has 0 aliphatic carbocycles. The van der Waals surface area contributed by atoms with Crippen molar-refractivity contribution in [3.05, 3.63) is 81.1 Å². The van der Waals surface area contributed by atoms with Gasteiger partial charge < -0.3 is 10.1 Å². The van der Waals surface area contributed by atoms with Gasteiger partial charge in [0.05, 0.1) is 24.5 Å². The Morgan fingerprint density at radius 2 is 1.94 bits per heavy atom. The highest BCUT2D eigenvalue weighted by Crippen LogP contribution is 2.26. The van der Waals surface area contributed by atoms with Crippen molar-refractivity contribution in [3.63, 3.8) is 0 Å². The van der Waals surface area contributed by atoms with Gasteiger partial charge in [-0.05, 0) is 49.8 Å². The number of aromatic nitrogens is 2. The molecule has 0 fully saturated rings. The summed E-state index contributed by atoms with van der Waals surface area (Å²) in [4.78, 5) is 12.7. The molecule has 0 saturated carbocycles. The Bertz CT molecular complexity index is 1160. The maximum Gasteiger partial charge on any atom is 0.266 e. The Balaban J connectivity index is 1.85. The lowest BCUT2D eigenvalue weighted by molar-refractivity contribution is -0.112. The number of carbonyl (C=O) groups is 1. The molecule has 3 aromatic rings. The summed E-state index contributed by atoms with van der Waals surface area (Å²) in [6.45, 7) is 4.51. The van der Waals surface area contributed by atoms with Gasteiger partial charge >= 0.3 is 0 Å². The average molecular weight is 455 g/mol. The summed E-state index contributed by atoms with van der Waals surface area (Å²) in [6, 6.07) is 16.3. The molecular weight excluding hydrogens is 435 g/mol. The fraction of sp³-hybridized carbons (Fsp3) is 0.174. The molecule has 31 heavy (non-hydrogen) atoms. The summed E-state index contributed by atoms with van der Waals surface area (Å²) >= 11 is 12.4. The molecule has 0 saturated heterocycles. The van der Waals surface area contributed by atoms with Crippen LogP contribution in [-0.2, 0) is 11.3 Å². The molecule has 1 N–H and O–H groups in total. The summed E-state index contributed by atoms with van der Waals surface area (Å²) in [5.41, 5.74) is 2.48. The van der Waals surface area contributed by atoms with Crippen LogP contribution in [-0.4, -0.2) is 22.3 Å². The van der Waals surface area contributed by atoms with Gasteiger partial charge in [0.25, 0.3) is 5.91 Å². The minimum Gasteiger partial charge on any atom is -0.492 e. The van der Waals surface area contributed by atoms with E-state index in [9.17, 15) is 10.1 Å². The monoisotopic (exact) mass is 454 g/mol. The van der Waals surface area contributed by atoms with Crippen LogP contribution in [0.2, 0.25) is 10.2 Å². The van der Waals surface area contributed by atoms with Gasteiger partial charge in [0.2, 0.25) is 0 Å². The number of hydrogen-bond acceptors (Lipinski definition) is 4. The first-order valence-corrected chi connectivity index (χ1v) is 10.3. The first-order chi connectivity index (χ1) is 14.9. The van der Waals surface area contributed by atoms with E-state index in [0.717, 1.165) is 5.56 Å². The molecule has 6 nitrogen and oxygen atoms in total. The van der Waals surface area contributed by atoms with Gasteiger partial charge in [0.15, 0.2) is 0 Å². The zero-order chi connectivity index (χ0) is 22.4. The molecule has 3 rings (SSSR count). The van der Waals surface area contributed by atoms with Gasteiger partial charge in [-0.25, -0.2) is 4.68 Å². The number of para-hydroxylation sites is 2. The molecule has 0 aliphatic rings. The van der Waals surface area contributed by atoms with E-state index in [1.54, 1.807) is 48.0 Å². The first-order valence-electron chi connectivity index (χ1n) is 9.55. The minimum atomic E-state index is -0.560. The van der Waals surface area contributed by atoms with Crippen LogP contribution in [0.4, 0.5) is 5.69 Å². The highest BCUT2D eigenvalue weighted by Gasteiger charge is 2.17. The molecule has 1 heterocycles. The van der Waals surface area contributed by atoms with Crippen molar-refractivity contribution < 1.29 is 9.53 Å². The van der Waals surface area contributed by atoms with Crippen molar-refractivity contribution in [2.75, 3.05) is 11.9 Å². The van der Waals surface area contributed by atoms with Crippen molar-refractivity contribution in [3.8, 4) is 11.8 Å². The molecule has 158 valence electrons. The first kappa shape index (κ1) is 22.4. The number of rotatable bonds is 7. The van der Waals surface area contributed by atoms with Crippen LogP contribution < -0.4 is 10.1 Å². The second kappa shape index (κ2) is 10.2. The summed E-state index contributed by atoms with van der Waals surface area (Å²) in [5.74, 6) is -0.0313. The second-order valence-electron chi connectivity index (χ2n) is 6.63. The molecule has 0 spiro atoms. The molecule has 0 atom stereocenters. The minimum absolute atomic E-state index is 0.0951. The number of ether oxygens (including phenoxy) is 1. The zero-order valence-corrected chi connectivity index (χ0v) is 18.5. The highest BCUT2D eigenvalue weighted by molar-refractivity contribution is 6.31. The number of nitriles is 1. The summed E-state index contributed by atoms with van der Waals surface area (Å²) in [7, 11) is 0. The molecule has 8 heteroatoms. The second-order valence-corrected chi connectivity index (χ2v) is 7.42. The maximum atomic E-state index is 12.7. The third-order valence-corrected chi connectivity index (χ3v) is 5.09. The maximum absolute atomic E-state index is 12.7. The average Bonchev–Trinajstić information content (AvgIpc) is 3.02. The van der Waals surface area contributed by atoms with E-state index in [1.807, 2.05) is 25.1 Å². The number of halogens is 2. The van der Waals surface area contributed by atoms with Gasteiger partial charge in [0, 0.05) is 10.6 Å². The Morgan fingerprint density at radius 1 is 1.23 bits per heavy atom.